The number of benzene rings is 2. The van der Waals surface area contributed by atoms with Crippen LogP contribution in [-0.4, -0.2) is 36.6 Å². The molecule has 2 aromatic rings. The first-order valence-electron chi connectivity index (χ1n) is 10.2. The summed E-state index contributed by atoms with van der Waals surface area (Å²) in [7, 11) is 0. The Balaban J connectivity index is 2.08. The maximum absolute atomic E-state index is 14.4. The molecule has 0 aliphatic rings. The second-order valence-electron chi connectivity index (χ2n) is 7.20. The molecule has 0 aliphatic heterocycles. The number of ether oxygens (including phenoxy) is 2. The van der Waals surface area contributed by atoms with Crippen molar-refractivity contribution in [3.8, 4) is 5.75 Å². The molecular weight excluding hydrogens is 467 g/mol. The molecule has 0 aliphatic carbocycles. The smallest absolute Gasteiger partial charge is 0.411 e. The SMILES string of the molecule is CC(C)Oc1ccc(NC(=NCc2ccc(Cl)cc2)NC(=O)NCCC(=N)OC(N)=O)cc1F. The molecule has 0 bridgehead atoms. The second kappa shape index (κ2) is 13.0. The lowest BCUT2D eigenvalue weighted by Gasteiger charge is -2.15. The van der Waals surface area contributed by atoms with Gasteiger partial charge in [-0.3, -0.25) is 10.7 Å². The molecule has 3 amide bonds. The first-order valence-corrected chi connectivity index (χ1v) is 10.6. The van der Waals surface area contributed by atoms with E-state index in [9.17, 15) is 14.0 Å². The minimum Gasteiger partial charge on any atom is -0.488 e. The number of carbonyl (C=O) groups is 2. The van der Waals surface area contributed by atoms with Gasteiger partial charge in [0, 0.05) is 29.7 Å². The summed E-state index contributed by atoms with van der Waals surface area (Å²) in [5, 5.41) is 15.9. The predicted molar refractivity (Wildman–Crippen MR) is 128 cm³/mol. The molecule has 0 heterocycles. The van der Waals surface area contributed by atoms with Gasteiger partial charge in [0.2, 0.25) is 5.96 Å². The highest BCUT2D eigenvalue weighted by molar-refractivity contribution is 6.30. The maximum atomic E-state index is 14.4. The lowest BCUT2D eigenvalue weighted by Crippen LogP contribution is -2.43. The van der Waals surface area contributed by atoms with Gasteiger partial charge in [0.15, 0.2) is 17.5 Å². The average Bonchev–Trinajstić information content (AvgIpc) is 2.74. The molecule has 12 heteroatoms. The van der Waals surface area contributed by atoms with E-state index in [0.717, 1.165) is 5.56 Å². The van der Waals surface area contributed by atoms with E-state index in [0.29, 0.717) is 10.7 Å². The van der Waals surface area contributed by atoms with Crippen molar-refractivity contribution in [2.75, 3.05) is 11.9 Å². The molecule has 0 radical (unpaired) electrons. The van der Waals surface area contributed by atoms with Crippen molar-refractivity contribution in [3.63, 3.8) is 0 Å². The maximum Gasteiger partial charge on any atom is 0.411 e. The van der Waals surface area contributed by atoms with Gasteiger partial charge in [-0.2, -0.15) is 0 Å². The van der Waals surface area contributed by atoms with E-state index in [1.165, 1.54) is 12.1 Å². The number of halogens is 2. The Hall–Kier alpha value is -3.86. The molecule has 0 spiro atoms. The number of primary amides is 1. The van der Waals surface area contributed by atoms with Gasteiger partial charge in [-0.1, -0.05) is 23.7 Å². The Morgan fingerprint density at radius 2 is 1.91 bits per heavy atom. The number of hydrogen-bond acceptors (Lipinski definition) is 6. The molecule has 10 nitrogen and oxygen atoms in total. The summed E-state index contributed by atoms with van der Waals surface area (Å²) in [5.74, 6) is -0.811. The van der Waals surface area contributed by atoms with Crippen LogP contribution in [0.5, 0.6) is 5.75 Å². The number of anilines is 1. The number of carbonyl (C=O) groups excluding carboxylic acids is 2. The van der Waals surface area contributed by atoms with Gasteiger partial charge in [0.25, 0.3) is 0 Å². The fourth-order valence-corrected chi connectivity index (χ4v) is 2.68. The van der Waals surface area contributed by atoms with Gasteiger partial charge in [-0.25, -0.2) is 19.0 Å². The van der Waals surface area contributed by atoms with Crippen molar-refractivity contribution < 1.29 is 23.5 Å². The van der Waals surface area contributed by atoms with Crippen LogP contribution in [0.4, 0.5) is 19.7 Å². The van der Waals surface area contributed by atoms with Crippen molar-refractivity contribution in [3.05, 3.63) is 58.9 Å². The van der Waals surface area contributed by atoms with Gasteiger partial charge >= 0.3 is 12.1 Å². The number of nitrogens with two attached hydrogens (primary N) is 1. The minimum absolute atomic E-state index is 0.00171. The number of amides is 3. The van der Waals surface area contributed by atoms with Crippen LogP contribution in [0.25, 0.3) is 0 Å². The van der Waals surface area contributed by atoms with Crippen LogP contribution < -0.4 is 26.4 Å². The van der Waals surface area contributed by atoms with E-state index in [-0.39, 0.29) is 43.2 Å². The van der Waals surface area contributed by atoms with E-state index in [2.05, 4.69) is 25.7 Å². The van der Waals surface area contributed by atoms with E-state index in [4.69, 9.17) is 27.5 Å². The van der Waals surface area contributed by atoms with Gasteiger partial charge in [0.05, 0.1) is 12.6 Å². The molecule has 2 aromatic carbocycles. The van der Waals surface area contributed by atoms with Crippen LogP contribution in [0.15, 0.2) is 47.5 Å². The summed E-state index contributed by atoms with van der Waals surface area (Å²) >= 11 is 5.90. The van der Waals surface area contributed by atoms with Gasteiger partial charge in [0.1, 0.15) is 0 Å². The number of guanidine groups is 1. The van der Waals surface area contributed by atoms with Crippen LogP contribution in [0.3, 0.4) is 0 Å². The highest BCUT2D eigenvalue weighted by atomic mass is 35.5. The summed E-state index contributed by atoms with van der Waals surface area (Å²) in [5.41, 5.74) is 5.99. The van der Waals surface area contributed by atoms with Crippen LogP contribution in [-0.2, 0) is 11.3 Å². The van der Waals surface area contributed by atoms with E-state index >= 15 is 0 Å². The van der Waals surface area contributed by atoms with E-state index < -0.39 is 17.9 Å². The summed E-state index contributed by atoms with van der Waals surface area (Å²) in [6.45, 7) is 3.78. The largest absolute Gasteiger partial charge is 0.488 e. The Bertz CT molecular complexity index is 1050. The number of nitrogens with one attached hydrogen (secondary N) is 4. The molecule has 0 saturated heterocycles. The molecule has 0 saturated carbocycles. The topological polar surface area (TPSA) is 151 Å². The highest BCUT2D eigenvalue weighted by Gasteiger charge is 2.11. The minimum atomic E-state index is -1.10. The normalized spacial score (nSPS) is 11.0. The predicted octanol–water partition coefficient (Wildman–Crippen LogP) is 4.00. The van der Waals surface area contributed by atoms with Crippen molar-refractivity contribution in [2.45, 2.75) is 32.9 Å². The fourth-order valence-electron chi connectivity index (χ4n) is 2.55. The molecule has 0 fully saturated rings. The van der Waals surface area contributed by atoms with Crippen LogP contribution in [0, 0.1) is 11.2 Å². The Morgan fingerprint density at radius 1 is 1.21 bits per heavy atom. The molecule has 0 atom stereocenters. The molecule has 182 valence electrons. The lowest BCUT2D eigenvalue weighted by atomic mass is 10.2. The molecule has 6 N–H and O–H groups in total. The monoisotopic (exact) mass is 492 g/mol. The number of aliphatic imine (C=N–C) groups is 1. The first-order chi connectivity index (χ1) is 16.1. The zero-order valence-corrected chi connectivity index (χ0v) is 19.4. The van der Waals surface area contributed by atoms with Gasteiger partial charge in [-0.05, 0) is 43.7 Å². The Morgan fingerprint density at radius 3 is 2.53 bits per heavy atom. The summed E-state index contributed by atoms with van der Waals surface area (Å²) in [6, 6.07) is 10.6. The first kappa shape index (κ1) is 26.4. The van der Waals surface area contributed by atoms with Crippen molar-refractivity contribution in [1.29, 1.82) is 5.41 Å². The molecule has 2 rings (SSSR count). The van der Waals surface area contributed by atoms with E-state index in [1.54, 1.807) is 44.2 Å². The molecule has 0 aromatic heterocycles. The summed E-state index contributed by atoms with van der Waals surface area (Å²) in [6.07, 6.45) is -1.35. The number of urea groups is 1. The van der Waals surface area contributed by atoms with Crippen molar-refractivity contribution in [2.24, 2.45) is 10.7 Å². The van der Waals surface area contributed by atoms with Crippen LogP contribution in [0.1, 0.15) is 25.8 Å². The lowest BCUT2D eigenvalue weighted by molar-refractivity contribution is 0.206. The number of nitrogens with zero attached hydrogens (tertiary/aromatic N) is 1. The number of hydrogen-bond donors (Lipinski definition) is 5. The molecule has 0 unspecified atom stereocenters. The molecular formula is C22H26ClFN6O4. The molecule has 34 heavy (non-hydrogen) atoms. The third kappa shape index (κ3) is 9.74. The quantitative estimate of drug-likeness (QED) is 0.279. The fraction of sp³-hybridized carbons (Fsp3) is 0.273. The number of rotatable bonds is 8. The third-order valence-corrected chi connectivity index (χ3v) is 4.24. The average molecular weight is 493 g/mol. The third-order valence-electron chi connectivity index (χ3n) is 3.98. The van der Waals surface area contributed by atoms with Crippen molar-refractivity contribution >= 4 is 41.3 Å². The summed E-state index contributed by atoms with van der Waals surface area (Å²) in [4.78, 5) is 27.3. The highest BCUT2D eigenvalue weighted by Crippen LogP contribution is 2.22. The van der Waals surface area contributed by atoms with Crippen LogP contribution >= 0.6 is 11.6 Å². The summed E-state index contributed by atoms with van der Waals surface area (Å²) < 4.78 is 24.1. The second-order valence-corrected chi connectivity index (χ2v) is 7.64. The van der Waals surface area contributed by atoms with Crippen LogP contribution in [0.2, 0.25) is 5.02 Å². The Labute approximate surface area is 201 Å². The standard InChI is InChI=1S/C22H26ClFN6O4/c1-13(2)33-18-8-7-16(11-17(18)24)29-21(28-12-14-3-5-15(23)6-4-14)30-22(32)27-10-9-19(25)34-20(26)31/h3-8,11,13,25H,9-10,12H2,1-2H3,(H2,26,31)(H3,27,28,29,30,32). The Kier molecular flexibility index (Phi) is 10.1. The van der Waals surface area contributed by atoms with Gasteiger partial charge < -0.3 is 25.8 Å². The van der Waals surface area contributed by atoms with E-state index in [1.807, 2.05) is 0 Å². The van der Waals surface area contributed by atoms with Gasteiger partial charge in [-0.15, -0.1) is 0 Å². The zero-order valence-electron chi connectivity index (χ0n) is 18.7. The zero-order chi connectivity index (χ0) is 25.1. The van der Waals surface area contributed by atoms with Crippen molar-refractivity contribution in [1.82, 2.24) is 10.6 Å².